The van der Waals surface area contributed by atoms with Gasteiger partial charge in [-0.3, -0.25) is 0 Å². The molecule has 21 heavy (non-hydrogen) atoms. The van der Waals surface area contributed by atoms with Crippen molar-refractivity contribution >= 4 is 12.2 Å². The van der Waals surface area contributed by atoms with E-state index in [4.69, 9.17) is 4.79 Å². The molecule has 0 saturated carbocycles. The molecule has 1 amide bonds. The van der Waals surface area contributed by atoms with Gasteiger partial charge in [0.2, 0.25) is 0 Å². The summed E-state index contributed by atoms with van der Waals surface area (Å²) in [6, 6.07) is 10.5. The second kappa shape index (κ2) is 36.0. The van der Waals surface area contributed by atoms with Gasteiger partial charge in [0.05, 0.1) is 0 Å². The number of hydrogen-bond donors (Lipinski definition) is 1. The van der Waals surface area contributed by atoms with Gasteiger partial charge in [-0.25, -0.2) is 0 Å². The van der Waals surface area contributed by atoms with E-state index < -0.39 is 0 Å². The van der Waals surface area contributed by atoms with Gasteiger partial charge in [-0.1, -0.05) is 65.0 Å². The molecule has 0 saturated heterocycles. The third-order valence-corrected chi connectivity index (χ3v) is 1.35. The van der Waals surface area contributed by atoms with Crippen molar-refractivity contribution in [1.82, 2.24) is 5.32 Å². The van der Waals surface area contributed by atoms with Crippen molar-refractivity contribution in [2.24, 2.45) is 0 Å². The first-order valence-corrected chi connectivity index (χ1v) is 7.13. The van der Waals surface area contributed by atoms with Gasteiger partial charge in [0, 0.05) is 0 Å². The second-order valence-electron chi connectivity index (χ2n) is 3.10. The molecule has 1 aromatic rings. The van der Waals surface area contributed by atoms with Crippen molar-refractivity contribution < 1.29 is 9.59 Å². The Labute approximate surface area is 125 Å². The van der Waals surface area contributed by atoms with Crippen LogP contribution in [-0.4, -0.2) is 19.2 Å². The normalized spacial score (nSPS) is 6.29. The summed E-state index contributed by atoms with van der Waals surface area (Å²) in [4.78, 5) is 18.4. The summed E-state index contributed by atoms with van der Waals surface area (Å²) in [7, 11) is 1.51. The Morgan fingerprint density at radius 2 is 1.33 bits per heavy atom. The van der Waals surface area contributed by atoms with Crippen molar-refractivity contribution in [2.75, 3.05) is 7.05 Å². The van der Waals surface area contributed by atoms with Crippen LogP contribution in [0.5, 0.6) is 0 Å². The van der Waals surface area contributed by atoms with Crippen molar-refractivity contribution in [3.05, 3.63) is 35.9 Å². The summed E-state index contributed by atoms with van der Waals surface area (Å²) in [5.74, 6) is 0.167. The molecule has 0 aromatic heterocycles. The summed E-state index contributed by atoms with van der Waals surface area (Å²) in [6.07, 6.45) is 2.57. The zero-order valence-corrected chi connectivity index (χ0v) is 17.1. The molecule has 4 heteroatoms. The molecule has 0 unspecified atom stereocenters. The van der Waals surface area contributed by atoms with Crippen LogP contribution < -0.4 is 5.32 Å². The standard InChI is InChI=1S/C8H10.C3H6O.C2H4NO.2C2H6.Fm/c1-2-8-6-4-3-5-7-8;1-3(2)4;1-3-2-4;2*1-2;/h3-7H,2H2,1H3;1-2H3;1H3,(H,3,4);2*1-2H3;/q;;-1;;;. The minimum absolute atomic E-state index is 0. The predicted octanol–water partition coefficient (Wildman–Crippen LogP) is 4.17. The van der Waals surface area contributed by atoms with E-state index in [-0.39, 0.29) is 5.78 Å². The number of aryl methyl sites for hydroxylation is 1. The molecule has 0 heterocycles. The van der Waals surface area contributed by atoms with Gasteiger partial charge in [-0.15, -0.1) is 0 Å². The van der Waals surface area contributed by atoms with E-state index in [2.05, 4.69) is 36.5 Å². The fourth-order valence-electron chi connectivity index (χ4n) is 0.714. The second-order valence-corrected chi connectivity index (χ2v) is 3.10. The van der Waals surface area contributed by atoms with Crippen LogP contribution >= 0.6 is 0 Å². The van der Waals surface area contributed by atoms with Crippen molar-refractivity contribution in [2.45, 2.75) is 54.9 Å². The van der Waals surface area contributed by atoms with Crippen LogP contribution in [0.15, 0.2) is 30.3 Å². The van der Waals surface area contributed by atoms with Gasteiger partial charge < -0.3 is 14.9 Å². The monoisotopic (exact) mass is 539 g/mol. The van der Waals surface area contributed by atoms with Gasteiger partial charge >= 0.3 is 0 Å². The van der Waals surface area contributed by atoms with Crippen LogP contribution in [0.4, 0.5) is 0 Å². The van der Waals surface area contributed by atoms with Gasteiger partial charge in [0.25, 0.3) is 0 Å². The van der Waals surface area contributed by atoms with Gasteiger partial charge in [0.1, 0.15) is 5.78 Å². The van der Waals surface area contributed by atoms with E-state index in [0.717, 1.165) is 6.42 Å². The van der Waals surface area contributed by atoms with Crippen molar-refractivity contribution in [3.63, 3.8) is 0 Å². The third kappa shape index (κ3) is 58.6. The van der Waals surface area contributed by atoms with Crippen LogP contribution in [0, 0.1) is 0 Å². The quantitative estimate of drug-likeness (QED) is 0.453. The molecular weight excluding hydrogens is 507 g/mol. The maximum atomic E-state index is 9.44. The molecule has 1 N–H and O–H groups in total. The first-order valence-electron chi connectivity index (χ1n) is 7.13. The number of Topliss-reactive ketones (excluding diaryl/α,β-unsaturated/α-hetero) is 1. The first kappa shape index (κ1) is 31.0. The SMILES string of the molecule is CC.CC.CC(C)=O.CCc1ccccc1.CN[C-]=O.[Fm]. The molecule has 0 radical (unpaired) electrons. The molecule has 3 nitrogen and oxygen atoms in total. The Morgan fingerprint density at radius 1 is 1.05 bits per heavy atom. The van der Waals surface area contributed by atoms with Crippen LogP contribution in [0.2, 0.25) is 0 Å². The average molecular weight is 539 g/mol. The molecular formula is C17H32FmNO2-. The number of carbonyl (C=O) groups is 1. The maximum Gasteiger partial charge on any atom is 0.126 e. The van der Waals surface area contributed by atoms with Gasteiger partial charge in [-0.05, 0) is 32.9 Å². The fraction of sp³-hybridized carbons (Fsp3) is 0.529. The van der Waals surface area contributed by atoms with Crippen molar-refractivity contribution in [3.8, 4) is 0 Å². The number of ketones is 1. The van der Waals surface area contributed by atoms with Crippen LogP contribution in [0.3, 0.4) is 0 Å². The van der Waals surface area contributed by atoms with Crippen molar-refractivity contribution in [1.29, 1.82) is 0 Å². The summed E-state index contributed by atoms with van der Waals surface area (Å²) >= 11 is 0. The number of carbonyl (C=O) groups excluding carboxylic acids is 2. The predicted molar refractivity (Wildman–Crippen MR) is 89.6 cm³/mol. The topological polar surface area (TPSA) is 46.2 Å². The summed E-state index contributed by atoms with van der Waals surface area (Å²) < 4.78 is 0. The molecule has 0 bridgehead atoms. The zero-order valence-electron chi connectivity index (χ0n) is 14.7. The summed E-state index contributed by atoms with van der Waals surface area (Å²) in [6.45, 7) is 13.2. The summed E-state index contributed by atoms with van der Waals surface area (Å²) in [5, 5.41) is 2.12. The van der Waals surface area contributed by atoms with Crippen LogP contribution in [0.25, 0.3) is 0 Å². The molecule has 1 aromatic carbocycles. The number of benzene rings is 1. The Bertz CT molecular complexity index is 273. The van der Waals surface area contributed by atoms with E-state index in [9.17, 15) is 4.79 Å². The number of nitrogens with one attached hydrogen (secondary N) is 1. The Kier molecular flexibility index (Phi) is 53.1. The number of rotatable bonds is 2. The molecule has 130 valence electrons. The summed E-state index contributed by atoms with van der Waals surface area (Å²) in [5.41, 5.74) is 1.41. The molecule has 0 aliphatic carbocycles. The smallest absolute Gasteiger partial charge is 0.126 e. The minimum Gasteiger partial charge on any atom is -0.532 e. The Morgan fingerprint density at radius 3 is 1.48 bits per heavy atom. The molecule has 0 aliphatic heterocycles. The Balaban J connectivity index is -0.0000000573. The van der Waals surface area contributed by atoms with E-state index in [1.54, 1.807) is 0 Å². The fourth-order valence-corrected chi connectivity index (χ4v) is 0.714. The number of hydrogen-bond acceptors (Lipinski definition) is 2. The molecule has 0 atom stereocenters. The molecule has 0 spiro atoms. The minimum atomic E-state index is 0. The van der Waals surface area contributed by atoms with E-state index in [1.165, 1.54) is 32.9 Å². The molecule has 1 rings (SSSR count). The molecule has 0 aliphatic rings. The van der Waals surface area contributed by atoms with Crippen LogP contribution in [0.1, 0.15) is 54.0 Å². The third-order valence-electron chi connectivity index (χ3n) is 1.35. The first-order chi connectivity index (χ1) is 9.58. The van der Waals surface area contributed by atoms with E-state index in [0.29, 0.717) is 0 Å². The van der Waals surface area contributed by atoms with Gasteiger partial charge in [-0.2, -0.15) is 6.41 Å². The van der Waals surface area contributed by atoms with Crippen LogP contribution in [-0.2, 0) is 16.0 Å². The average Bonchev–Trinajstić information content (AvgIpc) is 2.52. The largest absolute Gasteiger partial charge is 0.532 e. The number of amides is 1. The Hall–Kier alpha value is -2.64. The molecule has 0 fully saturated rings. The maximum absolute atomic E-state index is 9.44. The zero-order chi connectivity index (χ0) is 16.8. The van der Waals surface area contributed by atoms with E-state index in [1.807, 2.05) is 33.8 Å². The van der Waals surface area contributed by atoms with Gasteiger partial charge in [0.15, 0.2) is 0 Å². The van der Waals surface area contributed by atoms with E-state index >= 15 is 0 Å².